The van der Waals surface area contributed by atoms with E-state index in [0.717, 1.165) is 0 Å². The molecule has 1 radical (unpaired) electrons. The molecule has 0 aliphatic rings. The Morgan fingerprint density at radius 3 is 1.92 bits per heavy atom. The maximum atomic E-state index is 5.10. The number of rotatable bonds is 8. The molecule has 0 rings (SSSR count). The average Bonchev–Trinajstić information content (AvgIpc) is 2.02. The Morgan fingerprint density at radius 2 is 1.42 bits per heavy atom. The minimum absolute atomic E-state index is 0.487. The third-order valence-corrected chi connectivity index (χ3v) is 2.45. The zero-order valence-corrected chi connectivity index (χ0v) is 9.46. The van der Waals surface area contributed by atoms with E-state index in [1.54, 1.807) is 0 Å². The summed E-state index contributed by atoms with van der Waals surface area (Å²) in [5.41, 5.74) is 0. The van der Waals surface area contributed by atoms with E-state index >= 15 is 0 Å². The Kier molecular flexibility index (Phi) is 9.71. The first kappa shape index (κ1) is 12.3. The van der Waals surface area contributed by atoms with Gasteiger partial charge in [0.15, 0.2) is 0 Å². The summed E-state index contributed by atoms with van der Waals surface area (Å²) in [7, 11) is 0. The molecule has 0 saturated heterocycles. The van der Waals surface area contributed by atoms with E-state index in [2.05, 4.69) is 13.8 Å². The van der Waals surface area contributed by atoms with Gasteiger partial charge >= 0.3 is 0 Å². The monoisotopic (exact) mass is 187 g/mol. The van der Waals surface area contributed by atoms with Gasteiger partial charge in [-0.05, 0) is 6.42 Å². The van der Waals surface area contributed by atoms with Crippen LogP contribution in [-0.2, 0) is 0 Å². The van der Waals surface area contributed by atoms with E-state index in [0.29, 0.717) is 5.25 Å². The van der Waals surface area contributed by atoms with E-state index < -0.39 is 0 Å². The van der Waals surface area contributed by atoms with Crippen molar-refractivity contribution in [3.8, 4) is 0 Å². The average molecular weight is 187 g/mol. The molecule has 0 nitrogen and oxygen atoms in total. The van der Waals surface area contributed by atoms with Crippen LogP contribution in [0.3, 0.4) is 0 Å². The topological polar surface area (TPSA) is 0 Å². The minimum atomic E-state index is 0.487. The Morgan fingerprint density at radius 1 is 0.917 bits per heavy atom. The van der Waals surface area contributed by atoms with Crippen LogP contribution in [-0.4, -0.2) is 5.25 Å². The largest absolute Gasteiger partial charge is 0.0907 e. The second kappa shape index (κ2) is 9.44. The van der Waals surface area contributed by atoms with Crippen molar-refractivity contribution in [3.05, 3.63) is 0 Å². The molecular weight excluding hydrogens is 164 g/mol. The molecule has 0 spiro atoms. The van der Waals surface area contributed by atoms with E-state index in [-0.39, 0.29) is 0 Å². The molecule has 0 fully saturated rings. The molecule has 1 heteroatoms. The fourth-order valence-corrected chi connectivity index (χ4v) is 1.56. The van der Waals surface area contributed by atoms with Gasteiger partial charge in [-0.15, -0.1) is 0 Å². The fraction of sp³-hybridized carbons (Fsp3) is 1.00. The van der Waals surface area contributed by atoms with E-state index in [9.17, 15) is 0 Å². The van der Waals surface area contributed by atoms with Crippen LogP contribution in [0.25, 0.3) is 0 Å². The van der Waals surface area contributed by atoms with Gasteiger partial charge in [-0.1, -0.05) is 71.4 Å². The van der Waals surface area contributed by atoms with Crippen molar-refractivity contribution < 1.29 is 0 Å². The zero-order valence-electron chi connectivity index (χ0n) is 8.64. The van der Waals surface area contributed by atoms with Crippen molar-refractivity contribution in [2.24, 2.45) is 0 Å². The van der Waals surface area contributed by atoms with Gasteiger partial charge in [0, 0.05) is 5.25 Å². The van der Waals surface area contributed by atoms with Crippen LogP contribution < -0.4 is 0 Å². The molecule has 0 amide bonds. The van der Waals surface area contributed by atoms with Crippen molar-refractivity contribution in [1.29, 1.82) is 0 Å². The third-order valence-electron chi connectivity index (χ3n) is 2.21. The molecule has 12 heavy (non-hydrogen) atoms. The molecule has 0 heterocycles. The maximum Gasteiger partial charge on any atom is 0.0123 e. The lowest BCUT2D eigenvalue weighted by molar-refractivity contribution is 0.575. The van der Waals surface area contributed by atoms with Gasteiger partial charge in [-0.3, -0.25) is 0 Å². The predicted octanol–water partition coefficient (Wildman–Crippen LogP) is 4.71. The molecule has 1 atom stereocenters. The zero-order chi connectivity index (χ0) is 9.23. The van der Waals surface area contributed by atoms with Crippen molar-refractivity contribution in [2.75, 3.05) is 0 Å². The molecule has 0 aliphatic carbocycles. The van der Waals surface area contributed by atoms with Gasteiger partial charge in [-0.2, -0.15) is 0 Å². The lowest BCUT2D eigenvalue weighted by Crippen LogP contribution is -1.90. The summed E-state index contributed by atoms with van der Waals surface area (Å²) < 4.78 is 0. The van der Waals surface area contributed by atoms with Crippen molar-refractivity contribution >= 4 is 12.6 Å². The SMILES string of the molecule is CCCCCCCCCC(C)[S]. The van der Waals surface area contributed by atoms with Gasteiger partial charge in [0.05, 0.1) is 0 Å². The summed E-state index contributed by atoms with van der Waals surface area (Å²) in [6.07, 6.45) is 11.0. The van der Waals surface area contributed by atoms with Gasteiger partial charge < -0.3 is 0 Å². The first-order valence-corrected chi connectivity index (χ1v) is 5.90. The highest BCUT2D eigenvalue weighted by atomic mass is 32.1. The summed E-state index contributed by atoms with van der Waals surface area (Å²) in [6.45, 7) is 4.39. The first-order valence-electron chi connectivity index (χ1n) is 5.43. The van der Waals surface area contributed by atoms with E-state index in [4.69, 9.17) is 12.6 Å². The Balaban J connectivity index is 2.82. The molecule has 73 valence electrons. The third kappa shape index (κ3) is 10.3. The van der Waals surface area contributed by atoms with Crippen LogP contribution in [0.1, 0.15) is 65.2 Å². The normalized spacial score (nSPS) is 13.2. The maximum absolute atomic E-state index is 5.10. The van der Waals surface area contributed by atoms with Gasteiger partial charge in [-0.25, -0.2) is 0 Å². The predicted molar refractivity (Wildman–Crippen MR) is 59.7 cm³/mol. The summed E-state index contributed by atoms with van der Waals surface area (Å²) in [5, 5.41) is 0.487. The van der Waals surface area contributed by atoms with Gasteiger partial charge in [0.25, 0.3) is 0 Å². The highest BCUT2D eigenvalue weighted by molar-refractivity contribution is 7.80. The number of hydrogen-bond donors (Lipinski definition) is 0. The molecular formula is C11H23S. The lowest BCUT2D eigenvalue weighted by Gasteiger charge is -2.02. The lowest BCUT2D eigenvalue weighted by atomic mass is 10.1. The summed E-state index contributed by atoms with van der Waals surface area (Å²) >= 11 is 5.10. The summed E-state index contributed by atoms with van der Waals surface area (Å²) in [5.74, 6) is 0. The fourth-order valence-electron chi connectivity index (χ4n) is 1.39. The Hall–Kier alpha value is 0.350. The summed E-state index contributed by atoms with van der Waals surface area (Å²) in [6, 6.07) is 0. The van der Waals surface area contributed by atoms with Crippen LogP contribution >= 0.6 is 12.6 Å². The molecule has 0 saturated carbocycles. The van der Waals surface area contributed by atoms with Crippen LogP contribution in [0.15, 0.2) is 0 Å². The number of hydrogen-bond acceptors (Lipinski definition) is 0. The second-order valence-electron chi connectivity index (χ2n) is 3.72. The summed E-state index contributed by atoms with van der Waals surface area (Å²) in [4.78, 5) is 0. The highest BCUT2D eigenvalue weighted by Crippen LogP contribution is 2.11. The van der Waals surface area contributed by atoms with Crippen molar-refractivity contribution in [1.82, 2.24) is 0 Å². The van der Waals surface area contributed by atoms with Crippen LogP contribution in [0.5, 0.6) is 0 Å². The molecule has 0 aromatic rings. The van der Waals surface area contributed by atoms with Crippen LogP contribution in [0.4, 0.5) is 0 Å². The molecule has 0 bridgehead atoms. The molecule has 0 aliphatic heterocycles. The Bertz CT molecular complexity index is 79.1. The highest BCUT2D eigenvalue weighted by Gasteiger charge is 1.95. The first-order chi connectivity index (χ1) is 5.77. The Labute approximate surface area is 83.5 Å². The van der Waals surface area contributed by atoms with E-state index in [1.807, 2.05) is 0 Å². The molecule has 0 aromatic heterocycles. The van der Waals surface area contributed by atoms with Crippen molar-refractivity contribution in [2.45, 2.75) is 70.5 Å². The minimum Gasteiger partial charge on any atom is -0.0907 e. The smallest absolute Gasteiger partial charge is 0.0123 e. The quantitative estimate of drug-likeness (QED) is 0.483. The molecule has 1 unspecified atom stereocenters. The van der Waals surface area contributed by atoms with Gasteiger partial charge in [0.1, 0.15) is 0 Å². The standard InChI is InChI=1S/C11H23S/c1-3-4-5-6-7-8-9-10-11(2)12/h11H,3-10H2,1-2H3. The molecule has 0 N–H and O–H groups in total. The van der Waals surface area contributed by atoms with Crippen molar-refractivity contribution in [3.63, 3.8) is 0 Å². The van der Waals surface area contributed by atoms with Crippen LogP contribution in [0, 0.1) is 0 Å². The van der Waals surface area contributed by atoms with Crippen LogP contribution in [0.2, 0.25) is 0 Å². The van der Waals surface area contributed by atoms with Gasteiger partial charge in [0.2, 0.25) is 0 Å². The number of unbranched alkanes of at least 4 members (excludes halogenated alkanes) is 6. The van der Waals surface area contributed by atoms with E-state index in [1.165, 1.54) is 51.4 Å². The second-order valence-corrected chi connectivity index (χ2v) is 4.53. The molecule has 0 aromatic carbocycles.